The predicted molar refractivity (Wildman–Crippen MR) is 76.4 cm³/mol. The molecule has 0 spiro atoms. The maximum atomic E-state index is 12.6. The molecule has 0 aromatic heterocycles. The molecule has 4 nitrogen and oxygen atoms in total. The molecule has 2 rings (SSSR count). The van der Waals surface area contributed by atoms with Crippen LogP contribution in [0.4, 0.5) is 0 Å². The largest absolute Gasteiger partial charge is 0.298 e. The zero-order valence-electron chi connectivity index (χ0n) is 10.7. The van der Waals surface area contributed by atoms with Gasteiger partial charge in [-0.3, -0.25) is 4.79 Å². The molecule has 0 amide bonds. The first-order valence-electron chi connectivity index (χ1n) is 6.21. The van der Waals surface area contributed by atoms with Crippen LogP contribution >= 0.6 is 15.9 Å². The van der Waals surface area contributed by atoms with Gasteiger partial charge in [-0.05, 0) is 44.0 Å². The third-order valence-electron chi connectivity index (χ3n) is 3.34. The van der Waals surface area contributed by atoms with Gasteiger partial charge in [0.2, 0.25) is 10.0 Å². The summed E-state index contributed by atoms with van der Waals surface area (Å²) in [5.74, 6) is -0.0830. The third kappa shape index (κ3) is 3.07. The van der Waals surface area contributed by atoms with Crippen LogP contribution < -0.4 is 0 Å². The molecular weight excluding hydrogens is 330 g/mol. The average Bonchev–Trinajstić information content (AvgIpc) is 2.39. The van der Waals surface area contributed by atoms with Gasteiger partial charge in [0.15, 0.2) is 0 Å². The van der Waals surface area contributed by atoms with Crippen molar-refractivity contribution in [2.24, 2.45) is 0 Å². The van der Waals surface area contributed by atoms with Crippen molar-refractivity contribution < 1.29 is 13.2 Å². The summed E-state index contributed by atoms with van der Waals surface area (Å²) < 4.78 is 27.3. The van der Waals surface area contributed by atoms with Gasteiger partial charge in [-0.2, -0.15) is 4.31 Å². The Morgan fingerprint density at radius 2 is 1.89 bits per heavy atom. The fraction of sp³-hybridized carbons (Fsp3) is 0.462. The van der Waals surface area contributed by atoms with Crippen LogP contribution in [0.2, 0.25) is 0 Å². The molecule has 1 aliphatic rings. The fourth-order valence-electron chi connectivity index (χ4n) is 2.34. The topological polar surface area (TPSA) is 54.5 Å². The molecule has 1 atom stereocenters. The van der Waals surface area contributed by atoms with Crippen molar-refractivity contribution in [1.82, 2.24) is 4.31 Å². The van der Waals surface area contributed by atoms with E-state index in [0.717, 1.165) is 17.3 Å². The summed E-state index contributed by atoms with van der Waals surface area (Å²) in [6, 6.07) is 6.00. The number of carbonyl (C=O) groups is 1. The molecule has 0 radical (unpaired) electrons. The molecule has 1 heterocycles. The lowest BCUT2D eigenvalue weighted by molar-refractivity contribution is -0.121. The Morgan fingerprint density at radius 1 is 1.26 bits per heavy atom. The highest BCUT2D eigenvalue weighted by molar-refractivity contribution is 9.10. The van der Waals surface area contributed by atoms with Gasteiger partial charge in [0.05, 0.1) is 10.9 Å². The van der Waals surface area contributed by atoms with E-state index in [9.17, 15) is 13.2 Å². The minimum atomic E-state index is -3.58. The Hall–Kier alpha value is -0.720. The monoisotopic (exact) mass is 345 g/mol. The summed E-state index contributed by atoms with van der Waals surface area (Å²) in [6.07, 6.45) is 2.32. The Morgan fingerprint density at radius 3 is 2.47 bits per heavy atom. The number of benzene rings is 1. The van der Waals surface area contributed by atoms with E-state index in [4.69, 9.17) is 0 Å². The van der Waals surface area contributed by atoms with E-state index < -0.39 is 16.1 Å². The van der Waals surface area contributed by atoms with Crippen molar-refractivity contribution in [1.29, 1.82) is 0 Å². The SMILES string of the molecule is CC(=O)C1CCCCN1S(=O)(=O)c1ccc(Br)cc1. The van der Waals surface area contributed by atoms with E-state index in [-0.39, 0.29) is 10.7 Å². The van der Waals surface area contributed by atoms with Crippen LogP contribution in [0, 0.1) is 0 Å². The van der Waals surface area contributed by atoms with Gasteiger partial charge in [0, 0.05) is 11.0 Å². The average molecular weight is 346 g/mol. The number of piperidine rings is 1. The minimum Gasteiger partial charge on any atom is -0.298 e. The van der Waals surface area contributed by atoms with Crippen LogP contribution in [-0.2, 0) is 14.8 Å². The number of hydrogen-bond acceptors (Lipinski definition) is 3. The Bertz CT molecular complexity index is 568. The highest BCUT2D eigenvalue weighted by Crippen LogP contribution is 2.26. The lowest BCUT2D eigenvalue weighted by Gasteiger charge is -2.33. The maximum absolute atomic E-state index is 12.6. The van der Waals surface area contributed by atoms with E-state index in [1.165, 1.54) is 11.2 Å². The molecule has 1 aromatic rings. The number of Topliss-reactive ketones (excluding diaryl/α,β-unsaturated/α-hetero) is 1. The molecule has 0 saturated carbocycles. The first-order chi connectivity index (χ1) is 8.93. The summed E-state index contributed by atoms with van der Waals surface area (Å²) in [7, 11) is -3.58. The Labute approximate surface area is 122 Å². The van der Waals surface area contributed by atoms with E-state index in [0.29, 0.717) is 13.0 Å². The number of sulfonamides is 1. The Balaban J connectivity index is 2.37. The second kappa shape index (κ2) is 5.73. The molecule has 0 bridgehead atoms. The number of ketones is 1. The molecule has 1 aromatic carbocycles. The van der Waals surface area contributed by atoms with Crippen LogP contribution in [0.5, 0.6) is 0 Å². The van der Waals surface area contributed by atoms with Crippen LogP contribution in [-0.4, -0.2) is 31.1 Å². The number of halogens is 1. The lowest BCUT2D eigenvalue weighted by atomic mass is 10.0. The first-order valence-corrected chi connectivity index (χ1v) is 8.44. The smallest absolute Gasteiger partial charge is 0.243 e. The van der Waals surface area contributed by atoms with Gasteiger partial charge in [-0.25, -0.2) is 8.42 Å². The molecule has 104 valence electrons. The molecule has 1 aliphatic heterocycles. The van der Waals surface area contributed by atoms with E-state index in [1.54, 1.807) is 24.3 Å². The molecule has 0 aliphatic carbocycles. The summed E-state index contributed by atoms with van der Waals surface area (Å²) in [5, 5.41) is 0. The van der Waals surface area contributed by atoms with Crippen molar-refractivity contribution in [3.05, 3.63) is 28.7 Å². The van der Waals surface area contributed by atoms with Crippen molar-refractivity contribution in [2.45, 2.75) is 37.1 Å². The highest BCUT2D eigenvalue weighted by Gasteiger charge is 2.35. The van der Waals surface area contributed by atoms with Crippen LogP contribution in [0.25, 0.3) is 0 Å². The van der Waals surface area contributed by atoms with Crippen LogP contribution in [0.1, 0.15) is 26.2 Å². The molecule has 6 heteroatoms. The fourth-order valence-corrected chi connectivity index (χ4v) is 4.31. The van der Waals surface area contributed by atoms with E-state index in [1.807, 2.05) is 0 Å². The van der Waals surface area contributed by atoms with Gasteiger partial charge in [-0.15, -0.1) is 0 Å². The summed E-state index contributed by atoms with van der Waals surface area (Å²) in [4.78, 5) is 11.9. The zero-order chi connectivity index (χ0) is 14.0. The van der Waals surface area contributed by atoms with Gasteiger partial charge in [0.1, 0.15) is 5.78 Å². The van der Waals surface area contributed by atoms with Gasteiger partial charge >= 0.3 is 0 Å². The zero-order valence-corrected chi connectivity index (χ0v) is 13.1. The molecule has 1 saturated heterocycles. The van der Waals surface area contributed by atoms with Crippen molar-refractivity contribution in [3.63, 3.8) is 0 Å². The lowest BCUT2D eigenvalue weighted by Crippen LogP contribution is -2.47. The molecule has 1 unspecified atom stereocenters. The first kappa shape index (κ1) is 14.7. The number of nitrogens with zero attached hydrogens (tertiary/aromatic N) is 1. The van der Waals surface area contributed by atoms with Crippen LogP contribution in [0.15, 0.2) is 33.6 Å². The van der Waals surface area contributed by atoms with Gasteiger partial charge in [0.25, 0.3) is 0 Å². The summed E-state index contributed by atoms with van der Waals surface area (Å²) in [6.45, 7) is 1.88. The highest BCUT2D eigenvalue weighted by atomic mass is 79.9. The Kier molecular flexibility index (Phi) is 4.43. The summed E-state index contributed by atoms with van der Waals surface area (Å²) >= 11 is 3.28. The minimum absolute atomic E-state index is 0.0830. The van der Waals surface area contributed by atoms with E-state index >= 15 is 0 Å². The third-order valence-corrected chi connectivity index (χ3v) is 5.79. The van der Waals surface area contributed by atoms with Crippen LogP contribution in [0.3, 0.4) is 0 Å². The molecule has 0 N–H and O–H groups in total. The number of hydrogen-bond donors (Lipinski definition) is 0. The maximum Gasteiger partial charge on any atom is 0.243 e. The number of carbonyl (C=O) groups excluding carboxylic acids is 1. The van der Waals surface area contributed by atoms with Gasteiger partial charge < -0.3 is 0 Å². The van der Waals surface area contributed by atoms with Crippen molar-refractivity contribution in [2.75, 3.05) is 6.54 Å². The molecule has 19 heavy (non-hydrogen) atoms. The standard InChI is InChI=1S/C13H16BrNO3S/c1-10(16)13-4-2-3-9-15(13)19(17,18)12-7-5-11(14)6-8-12/h5-8,13H,2-4,9H2,1H3. The predicted octanol–water partition coefficient (Wildman–Crippen LogP) is 2.58. The summed E-state index contributed by atoms with van der Waals surface area (Å²) in [5.41, 5.74) is 0. The second-order valence-electron chi connectivity index (χ2n) is 4.69. The molecule has 1 fully saturated rings. The normalized spacial score (nSPS) is 21.3. The number of rotatable bonds is 3. The van der Waals surface area contributed by atoms with Gasteiger partial charge in [-0.1, -0.05) is 22.4 Å². The van der Waals surface area contributed by atoms with Crippen molar-refractivity contribution in [3.8, 4) is 0 Å². The molecular formula is C13H16BrNO3S. The quantitative estimate of drug-likeness (QED) is 0.845. The second-order valence-corrected chi connectivity index (χ2v) is 7.50. The van der Waals surface area contributed by atoms with Crippen molar-refractivity contribution >= 4 is 31.7 Å². The van der Waals surface area contributed by atoms with E-state index in [2.05, 4.69) is 15.9 Å².